The lowest BCUT2D eigenvalue weighted by molar-refractivity contribution is -0.143. The van der Waals surface area contributed by atoms with Gasteiger partial charge in [-0.05, 0) is 38.6 Å². The topological polar surface area (TPSA) is 40.5 Å². The van der Waals surface area contributed by atoms with Crippen molar-refractivity contribution in [3.63, 3.8) is 0 Å². The van der Waals surface area contributed by atoms with Gasteiger partial charge in [0.1, 0.15) is 0 Å². The Morgan fingerprint density at radius 1 is 1.18 bits per heavy atom. The van der Waals surface area contributed by atoms with E-state index in [1.54, 1.807) is 0 Å². The van der Waals surface area contributed by atoms with Gasteiger partial charge >= 0.3 is 5.97 Å². The fourth-order valence-electron chi connectivity index (χ4n) is 3.70. The first-order valence-electron chi connectivity index (χ1n) is 7.22. The minimum Gasteiger partial charge on any atom is -0.481 e. The Labute approximate surface area is 104 Å². The molecule has 98 valence electrons. The normalized spacial score (nSPS) is 35.7. The molecule has 0 amide bonds. The molecule has 2 fully saturated rings. The molecule has 1 saturated carbocycles. The minimum atomic E-state index is -0.577. The van der Waals surface area contributed by atoms with Crippen LogP contribution in [0.1, 0.15) is 58.3 Å². The zero-order valence-corrected chi connectivity index (χ0v) is 10.9. The van der Waals surface area contributed by atoms with Crippen LogP contribution in [-0.2, 0) is 4.79 Å². The average Bonchev–Trinajstić information content (AvgIpc) is 2.68. The van der Waals surface area contributed by atoms with Crippen molar-refractivity contribution in [2.75, 3.05) is 6.54 Å². The standard InChI is InChI=1S/C14H25NO2/c1-2-11-7-4-3-5-10-15(11)13-9-6-8-12(13)14(16)17/h11-13H,2-10H2,1H3,(H,16,17). The molecular formula is C14H25NO2. The molecule has 17 heavy (non-hydrogen) atoms. The maximum Gasteiger partial charge on any atom is 0.308 e. The van der Waals surface area contributed by atoms with Gasteiger partial charge in [0.25, 0.3) is 0 Å². The zero-order chi connectivity index (χ0) is 12.3. The van der Waals surface area contributed by atoms with Crippen molar-refractivity contribution in [2.24, 2.45) is 5.92 Å². The van der Waals surface area contributed by atoms with Crippen molar-refractivity contribution in [3.8, 4) is 0 Å². The van der Waals surface area contributed by atoms with Crippen LogP contribution in [0.2, 0.25) is 0 Å². The van der Waals surface area contributed by atoms with Crippen LogP contribution in [0, 0.1) is 5.92 Å². The van der Waals surface area contributed by atoms with Crippen LogP contribution >= 0.6 is 0 Å². The fourth-order valence-corrected chi connectivity index (χ4v) is 3.70. The highest BCUT2D eigenvalue weighted by Gasteiger charge is 2.39. The second-order valence-corrected chi connectivity index (χ2v) is 5.59. The van der Waals surface area contributed by atoms with Gasteiger partial charge in [0.2, 0.25) is 0 Å². The Morgan fingerprint density at radius 2 is 2.00 bits per heavy atom. The first-order valence-corrected chi connectivity index (χ1v) is 7.22. The van der Waals surface area contributed by atoms with Gasteiger partial charge in [-0.3, -0.25) is 9.69 Å². The maximum atomic E-state index is 11.3. The smallest absolute Gasteiger partial charge is 0.308 e. The van der Waals surface area contributed by atoms with Crippen LogP contribution in [0.25, 0.3) is 0 Å². The van der Waals surface area contributed by atoms with Gasteiger partial charge < -0.3 is 5.11 Å². The van der Waals surface area contributed by atoms with Crippen LogP contribution in [0.4, 0.5) is 0 Å². The molecule has 0 spiro atoms. The first-order chi connectivity index (χ1) is 8.24. The number of rotatable bonds is 3. The molecule has 0 aromatic carbocycles. The molecule has 3 nitrogen and oxygen atoms in total. The summed E-state index contributed by atoms with van der Waals surface area (Å²) in [5, 5.41) is 9.32. The summed E-state index contributed by atoms with van der Waals surface area (Å²) in [6.07, 6.45) is 9.38. The fraction of sp³-hybridized carbons (Fsp3) is 0.929. The van der Waals surface area contributed by atoms with Crippen molar-refractivity contribution >= 4 is 5.97 Å². The molecule has 3 unspecified atom stereocenters. The second kappa shape index (κ2) is 5.85. The largest absolute Gasteiger partial charge is 0.481 e. The van der Waals surface area contributed by atoms with Crippen molar-refractivity contribution in [3.05, 3.63) is 0 Å². The summed E-state index contributed by atoms with van der Waals surface area (Å²) in [4.78, 5) is 13.8. The van der Waals surface area contributed by atoms with E-state index in [4.69, 9.17) is 0 Å². The number of carbonyl (C=O) groups is 1. The van der Waals surface area contributed by atoms with Crippen LogP contribution in [0.15, 0.2) is 0 Å². The third kappa shape index (κ3) is 2.82. The molecule has 2 rings (SSSR count). The van der Waals surface area contributed by atoms with E-state index in [0.29, 0.717) is 12.1 Å². The quantitative estimate of drug-likeness (QED) is 0.823. The SMILES string of the molecule is CCC1CCCCCN1C1CCCC1C(=O)O. The van der Waals surface area contributed by atoms with Gasteiger partial charge in [-0.1, -0.05) is 26.2 Å². The van der Waals surface area contributed by atoms with E-state index in [-0.39, 0.29) is 5.92 Å². The Balaban J connectivity index is 2.09. The van der Waals surface area contributed by atoms with Crippen LogP contribution < -0.4 is 0 Å². The molecule has 1 heterocycles. The van der Waals surface area contributed by atoms with Crippen LogP contribution in [0.5, 0.6) is 0 Å². The number of hydrogen-bond donors (Lipinski definition) is 1. The molecule has 0 bridgehead atoms. The van der Waals surface area contributed by atoms with Gasteiger partial charge in [0.05, 0.1) is 5.92 Å². The van der Waals surface area contributed by atoms with Crippen LogP contribution in [0.3, 0.4) is 0 Å². The van der Waals surface area contributed by atoms with E-state index in [9.17, 15) is 9.90 Å². The molecule has 0 aromatic rings. The summed E-state index contributed by atoms with van der Waals surface area (Å²) in [5.74, 6) is -0.686. The van der Waals surface area contributed by atoms with Gasteiger partial charge in [-0.25, -0.2) is 0 Å². The first kappa shape index (κ1) is 12.9. The Hall–Kier alpha value is -0.570. The molecule has 2 aliphatic rings. The minimum absolute atomic E-state index is 0.109. The van der Waals surface area contributed by atoms with Crippen molar-refractivity contribution < 1.29 is 9.90 Å². The van der Waals surface area contributed by atoms with E-state index in [1.165, 1.54) is 32.1 Å². The number of carboxylic acid groups (broad SMARTS) is 1. The summed E-state index contributed by atoms with van der Waals surface area (Å²) < 4.78 is 0. The van der Waals surface area contributed by atoms with Crippen molar-refractivity contribution in [1.29, 1.82) is 0 Å². The Morgan fingerprint density at radius 3 is 2.71 bits per heavy atom. The molecule has 3 atom stereocenters. The second-order valence-electron chi connectivity index (χ2n) is 5.59. The predicted octanol–water partition coefficient (Wildman–Crippen LogP) is 2.89. The van der Waals surface area contributed by atoms with Crippen molar-refractivity contribution in [2.45, 2.75) is 70.4 Å². The number of likely N-dealkylation sites (tertiary alicyclic amines) is 1. The number of hydrogen-bond acceptors (Lipinski definition) is 2. The summed E-state index contributed by atoms with van der Waals surface area (Å²) in [6.45, 7) is 3.36. The van der Waals surface area contributed by atoms with Gasteiger partial charge in [-0.15, -0.1) is 0 Å². The molecular weight excluding hydrogens is 214 g/mol. The monoisotopic (exact) mass is 239 g/mol. The summed E-state index contributed by atoms with van der Waals surface area (Å²) in [6, 6.07) is 0.943. The third-order valence-electron chi connectivity index (χ3n) is 4.62. The summed E-state index contributed by atoms with van der Waals surface area (Å²) >= 11 is 0. The number of aliphatic carboxylic acids is 1. The predicted molar refractivity (Wildman–Crippen MR) is 68.0 cm³/mol. The van der Waals surface area contributed by atoms with E-state index in [2.05, 4.69) is 11.8 Å². The van der Waals surface area contributed by atoms with E-state index >= 15 is 0 Å². The lowest BCUT2D eigenvalue weighted by atomic mass is 9.98. The molecule has 1 N–H and O–H groups in total. The zero-order valence-electron chi connectivity index (χ0n) is 10.9. The van der Waals surface area contributed by atoms with Gasteiger partial charge in [0, 0.05) is 12.1 Å². The van der Waals surface area contributed by atoms with Crippen molar-refractivity contribution in [1.82, 2.24) is 4.90 Å². The highest BCUT2D eigenvalue weighted by Crippen LogP contribution is 2.34. The highest BCUT2D eigenvalue weighted by atomic mass is 16.4. The van der Waals surface area contributed by atoms with Gasteiger partial charge in [0.15, 0.2) is 0 Å². The summed E-state index contributed by atoms with van der Waals surface area (Å²) in [5.41, 5.74) is 0. The molecule has 1 saturated heterocycles. The molecule has 0 radical (unpaired) electrons. The van der Waals surface area contributed by atoms with Gasteiger partial charge in [-0.2, -0.15) is 0 Å². The average molecular weight is 239 g/mol. The lowest BCUT2D eigenvalue weighted by Gasteiger charge is -2.36. The Bertz CT molecular complexity index is 267. The highest BCUT2D eigenvalue weighted by molar-refractivity contribution is 5.71. The molecule has 1 aliphatic heterocycles. The number of carboxylic acids is 1. The lowest BCUT2D eigenvalue weighted by Crippen LogP contribution is -2.46. The molecule has 1 aliphatic carbocycles. The third-order valence-corrected chi connectivity index (χ3v) is 4.62. The van der Waals surface area contributed by atoms with E-state index in [1.807, 2.05) is 0 Å². The summed E-state index contributed by atoms with van der Waals surface area (Å²) in [7, 11) is 0. The Kier molecular flexibility index (Phi) is 4.43. The van der Waals surface area contributed by atoms with Crippen LogP contribution in [-0.4, -0.2) is 34.6 Å². The molecule has 3 heteroatoms. The van der Waals surface area contributed by atoms with E-state index in [0.717, 1.165) is 25.8 Å². The number of nitrogens with zero attached hydrogens (tertiary/aromatic N) is 1. The maximum absolute atomic E-state index is 11.3. The molecule has 0 aromatic heterocycles. The van der Waals surface area contributed by atoms with E-state index < -0.39 is 5.97 Å².